The molecule has 7 heteroatoms. The molecule has 0 aromatic carbocycles. The summed E-state index contributed by atoms with van der Waals surface area (Å²) in [6.45, 7) is 2.30. The first-order valence-corrected chi connectivity index (χ1v) is 6.65. The van der Waals surface area contributed by atoms with Crippen molar-refractivity contribution in [3.8, 4) is 0 Å². The molecule has 0 amide bonds. The zero-order valence-electron chi connectivity index (χ0n) is 11.5. The van der Waals surface area contributed by atoms with Crippen molar-refractivity contribution in [2.45, 2.75) is 25.5 Å². The van der Waals surface area contributed by atoms with Crippen molar-refractivity contribution in [2.24, 2.45) is 0 Å². The molecule has 2 N–H and O–H groups in total. The minimum absolute atomic E-state index is 0.00922. The molecule has 0 saturated carbocycles. The van der Waals surface area contributed by atoms with E-state index in [0.717, 1.165) is 12.8 Å². The predicted octanol–water partition coefficient (Wildman–Crippen LogP) is -0.269. The number of aliphatic hydroxyl groups excluding tert-OH is 2. The second-order valence-corrected chi connectivity index (χ2v) is 3.77. The number of aliphatic hydroxyl groups is 2. The molecule has 0 atom stereocenters. The molecule has 0 aromatic rings. The van der Waals surface area contributed by atoms with Crippen LogP contribution in [0.15, 0.2) is 0 Å². The SMILES string of the molecule is [B]CCCC(OCCOCCO)OCCOCCO. The lowest BCUT2D eigenvalue weighted by atomic mass is 10.0. The lowest BCUT2D eigenvalue weighted by Crippen LogP contribution is -2.22. The fourth-order valence-corrected chi connectivity index (χ4v) is 1.31. The number of hydrogen-bond donors (Lipinski definition) is 2. The van der Waals surface area contributed by atoms with Gasteiger partial charge in [-0.15, -0.1) is 0 Å². The maximum atomic E-state index is 8.54. The van der Waals surface area contributed by atoms with Crippen molar-refractivity contribution < 1.29 is 29.2 Å². The smallest absolute Gasteiger partial charge is 0.157 e. The average molecular weight is 276 g/mol. The van der Waals surface area contributed by atoms with Gasteiger partial charge in [-0.1, -0.05) is 12.7 Å². The quantitative estimate of drug-likeness (QED) is 0.243. The molecule has 0 fully saturated rings. The van der Waals surface area contributed by atoms with Gasteiger partial charge >= 0.3 is 0 Å². The summed E-state index contributed by atoms with van der Waals surface area (Å²) in [5, 5.41) is 17.1. The minimum Gasteiger partial charge on any atom is -0.394 e. The van der Waals surface area contributed by atoms with E-state index in [0.29, 0.717) is 46.0 Å². The normalized spacial score (nSPS) is 11.3. The van der Waals surface area contributed by atoms with Crippen LogP contribution in [-0.4, -0.2) is 77.2 Å². The van der Waals surface area contributed by atoms with Crippen LogP contribution in [0.25, 0.3) is 0 Å². The molecular formula is C12H25BO6. The summed E-state index contributed by atoms with van der Waals surface area (Å²) in [5.41, 5.74) is 0. The van der Waals surface area contributed by atoms with Crippen LogP contribution in [0.2, 0.25) is 6.32 Å². The van der Waals surface area contributed by atoms with E-state index >= 15 is 0 Å². The van der Waals surface area contributed by atoms with Gasteiger partial charge in [0.25, 0.3) is 0 Å². The third kappa shape index (κ3) is 14.0. The van der Waals surface area contributed by atoms with Crippen molar-refractivity contribution in [1.82, 2.24) is 0 Å². The highest BCUT2D eigenvalue weighted by Crippen LogP contribution is 2.06. The second-order valence-electron chi connectivity index (χ2n) is 3.77. The Labute approximate surface area is 116 Å². The van der Waals surface area contributed by atoms with Gasteiger partial charge in [-0.25, -0.2) is 0 Å². The zero-order chi connectivity index (χ0) is 14.2. The monoisotopic (exact) mass is 276 g/mol. The molecule has 0 bridgehead atoms. The van der Waals surface area contributed by atoms with Crippen LogP contribution in [0.1, 0.15) is 12.8 Å². The Balaban J connectivity index is 3.57. The zero-order valence-corrected chi connectivity index (χ0v) is 11.5. The first-order valence-electron chi connectivity index (χ1n) is 6.65. The van der Waals surface area contributed by atoms with Gasteiger partial charge in [0, 0.05) is 0 Å². The first kappa shape index (κ1) is 18.8. The summed E-state index contributed by atoms with van der Waals surface area (Å²) in [7, 11) is 5.45. The molecule has 0 saturated heterocycles. The van der Waals surface area contributed by atoms with E-state index in [4.69, 9.17) is 37.0 Å². The van der Waals surface area contributed by atoms with Gasteiger partial charge in [0.2, 0.25) is 0 Å². The summed E-state index contributed by atoms with van der Waals surface area (Å²) < 4.78 is 21.2. The fraction of sp³-hybridized carbons (Fsp3) is 1.00. The highest BCUT2D eigenvalue weighted by molar-refractivity contribution is 6.08. The standard InChI is InChI=1S/C12H25BO6/c13-3-1-2-12(18-10-8-16-6-4-14)19-11-9-17-7-5-15/h12,14-15H,1-11H2. The fourth-order valence-electron chi connectivity index (χ4n) is 1.31. The molecule has 0 spiro atoms. The third-order valence-corrected chi connectivity index (χ3v) is 2.18. The lowest BCUT2D eigenvalue weighted by Gasteiger charge is -2.18. The van der Waals surface area contributed by atoms with Gasteiger partial charge in [-0.2, -0.15) is 0 Å². The van der Waals surface area contributed by atoms with Gasteiger partial charge < -0.3 is 29.2 Å². The van der Waals surface area contributed by atoms with Crippen molar-refractivity contribution in [3.63, 3.8) is 0 Å². The molecule has 0 aromatic heterocycles. The van der Waals surface area contributed by atoms with Gasteiger partial charge in [0.15, 0.2) is 6.29 Å². The Morgan fingerprint density at radius 1 is 0.789 bits per heavy atom. The predicted molar refractivity (Wildman–Crippen MR) is 71.3 cm³/mol. The van der Waals surface area contributed by atoms with Crippen molar-refractivity contribution in [1.29, 1.82) is 0 Å². The van der Waals surface area contributed by atoms with Crippen LogP contribution in [0, 0.1) is 0 Å². The van der Waals surface area contributed by atoms with Crippen LogP contribution < -0.4 is 0 Å². The van der Waals surface area contributed by atoms with E-state index in [1.165, 1.54) is 0 Å². The molecule has 112 valence electrons. The van der Waals surface area contributed by atoms with Crippen LogP contribution in [0.4, 0.5) is 0 Å². The van der Waals surface area contributed by atoms with Crippen LogP contribution in [0.3, 0.4) is 0 Å². The number of hydrogen-bond acceptors (Lipinski definition) is 6. The van der Waals surface area contributed by atoms with Gasteiger partial charge in [-0.3, -0.25) is 0 Å². The van der Waals surface area contributed by atoms with Crippen LogP contribution in [0.5, 0.6) is 0 Å². The maximum Gasteiger partial charge on any atom is 0.157 e. The molecule has 0 heterocycles. The molecular weight excluding hydrogens is 251 g/mol. The average Bonchev–Trinajstić information content (AvgIpc) is 2.43. The molecule has 0 aliphatic rings. The summed E-state index contributed by atoms with van der Waals surface area (Å²) in [6.07, 6.45) is 1.81. The summed E-state index contributed by atoms with van der Waals surface area (Å²) in [5.74, 6) is 0. The van der Waals surface area contributed by atoms with Gasteiger partial charge in [-0.05, 0) is 6.42 Å². The molecule has 19 heavy (non-hydrogen) atoms. The van der Waals surface area contributed by atoms with Gasteiger partial charge in [0.1, 0.15) is 0 Å². The van der Waals surface area contributed by atoms with E-state index in [1.54, 1.807) is 0 Å². The maximum absolute atomic E-state index is 8.54. The van der Waals surface area contributed by atoms with E-state index < -0.39 is 0 Å². The highest BCUT2D eigenvalue weighted by atomic mass is 16.7. The Morgan fingerprint density at radius 2 is 1.32 bits per heavy atom. The van der Waals surface area contributed by atoms with Crippen LogP contribution >= 0.6 is 0 Å². The molecule has 0 rings (SSSR count). The van der Waals surface area contributed by atoms with Crippen molar-refractivity contribution in [2.75, 3.05) is 52.9 Å². The summed E-state index contributed by atoms with van der Waals surface area (Å²) in [6, 6.07) is 0. The molecule has 2 radical (unpaired) electrons. The Hall–Kier alpha value is -0.175. The number of rotatable bonds is 15. The Kier molecular flexibility index (Phi) is 15.7. The van der Waals surface area contributed by atoms with E-state index in [-0.39, 0.29) is 19.5 Å². The first-order chi connectivity index (χ1) is 9.35. The Morgan fingerprint density at radius 3 is 1.74 bits per heavy atom. The van der Waals surface area contributed by atoms with Gasteiger partial charge in [0.05, 0.1) is 60.7 Å². The molecule has 6 nitrogen and oxygen atoms in total. The molecule has 0 unspecified atom stereocenters. The summed E-state index contributed by atoms with van der Waals surface area (Å²) in [4.78, 5) is 0. The van der Waals surface area contributed by atoms with Crippen molar-refractivity contribution in [3.05, 3.63) is 0 Å². The molecule has 0 aliphatic heterocycles. The van der Waals surface area contributed by atoms with Crippen LogP contribution in [-0.2, 0) is 18.9 Å². The number of ether oxygens (including phenoxy) is 4. The summed E-state index contributed by atoms with van der Waals surface area (Å²) >= 11 is 0. The lowest BCUT2D eigenvalue weighted by molar-refractivity contribution is -0.161. The molecule has 0 aliphatic carbocycles. The third-order valence-electron chi connectivity index (χ3n) is 2.18. The topological polar surface area (TPSA) is 77.4 Å². The largest absolute Gasteiger partial charge is 0.394 e. The van der Waals surface area contributed by atoms with E-state index in [2.05, 4.69) is 0 Å². The van der Waals surface area contributed by atoms with E-state index in [9.17, 15) is 0 Å². The minimum atomic E-state index is -0.320. The highest BCUT2D eigenvalue weighted by Gasteiger charge is 2.08. The van der Waals surface area contributed by atoms with Crippen molar-refractivity contribution >= 4 is 7.85 Å². The Bertz CT molecular complexity index is 158. The van der Waals surface area contributed by atoms with E-state index in [1.807, 2.05) is 0 Å². The second kappa shape index (κ2) is 15.9.